The van der Waals surface area contributed by atoms with Gasteiger partial charge < -0.3 is 15.0 Å². The van der Waals surface area contributed by atoms with Gasteiger partial charge in [0, 0.05) is 66.2 Å². The summed E-state index contributed by atoms with van der Waals surface area (Å²) in [5.74, 6) is -1.73. The number of carboxylic acids is 1. The third-order valence-corrected chi connectivity index (χ3v) is 8.04. The molecule has 1 aromatic carbocycles. The Bertz CT molecular complexity index is 1360. The summed E-state index contributed by atoms with van der Waals surface area (Å²) in [7, 11) is 1.95. The van der Waals surface area contributed by atoms with Crippen molar-refractivity contribution in [2.24, 2.45) is 5.92 Å². The quantitative estimate of drug-likeness (QED) is 0.542. The van der Waals surface area contributed by atoms with Crippen LogP contribution in [0.3, 0.4) is 0 Å². The Balaban J connectivity index is 1.34. The Labute approximate surface area is 202 Å². The number of aromatic amines is 1. The van der Waals surface area contributed by atoms with E-state index in [9.17, 15) is 14.3 Å². The van der Waals surface area contributed by atoms with E-state index in [-0.39, 0.29) is 5.92 Å². The summed E-state index contributed by atoms with van der Waals surface area (Å²) in [4.78, 5) is 23.6. The van der Waals surface area contributed by atoms with Crippen molar-refractivity contribution in [2.75, 3.05) is 25.0 Å². The highest BCUT2D eigenvalue weighted by Gasteiger charge is 2.32. The van der Waals surface area contributed by atoms with Gasteiger partial charge in [-0.2, -0.15) is 0 Å². The molecule has 0 amide bonds. The minimum absolute atomic E-state index is 0.206. The number of aliphatic carboxylic acids is 1. The molecule has 1 saturated carbocycles. The van der Waals surface area contributed by atoms with Crippen LogP contribution in [0.15, 0.2) is 30.5 Å². The largest absolute Gasteiger partial charge is 0.481 e. The minimum Gasteiger partial charge on any atom is -0.481 e. The predicted octanol–water partition coefficient (Wildman–Crippen LogP) is 5.19. The molecule has 2 aliphatic heterocycles. The van der Waals surface area contributed by atoms with Gasteiger partial charge in [0.1, 0.15) is 17.3 Å². The number of hydrogen-bond donors (Lipinski definition) is 2. The highest BCUT2D eigenvalue weighted by molar-refractivity contribution is 6.03. The summed E-state index contributed by atoms with van der Waals surface area (Å²) in [6.07, 6.45) is 7.63. The standard InChI is InChI=1S/C27H28F2N4O2/c1-32-14-20-24-23(19-12-17(28)4-7-22(19)32)21(29)13-30-26(24)31-25(20)15-8-10-33(11-9-15)18-5-2-16(3-6-18)27(34)35/h4,7-8,12-13,16,18H,2-3,5-6,9-11,14H2,1H3,(H,30,31)(H,34,35). The molecule has 3 aromatic rings. The van der Waals surface area contributed by atoms with E-state index in [0.29, 0.717) is 29.4 Å². The van der Waals surface area contributed by atoms with E-state index in [2.05, 4.69) is 20.9 Å². The van der Waals surface area contributed by atoms with Crippen LogP contribution in [0.2, 0.25) is 0 Å². The Morgan fingerprint density at radius 3 is 2.71 bits per heavy atom. The first kappa shape index (κ1) is 22.2. The highest BCUT2D eigenvalue weighted by atomic mass is 19.1. The summed E-state index contributed by atoms with van der Waals surface area (Å²) < 4.78 is 29.3. The molecule has 2 N–H and O–H groups in total. The van der Waals surface area contributed by atoms with E-state index < -0.39 is 17.6 Å². The maximum atomic E-state index is 15.2. The molecule has 2 aromatic heterocycles. The first-order chi connectivity index (χ1) is 16.9. The van der Waals surface area contributed by atoms with Gasteiger partial charge in [0.15, 0.2) is 0 Å². The van der Waals surface area contributed by atoms with Crippen LogP contribution < -0.4 is 4.90 Å². The maximum Gasteiger partial charge on any atom is 0.306 e. The van der Waals surface area contributed by atoms with Crippen LogP contribution in [0.1, 0.15) is 43.4 Å². The molecule has 0 saturated heterocycles. The lowest BCUT2D eigenvalue weighted by Gasteiger charge is -2.37. The third-order valence-electron chi connectivity index (χ3n) is 8.04. The van der Waals surface area contributed by atoms with Crippen molar-refractivity contribution in [3.63, 3.8) is 0 Å². The van der Waals surface area contributed by atoms with E-state index >= 15 is 4.39 Å². The second-order valence-electron chi connectivity index (χ2n) is 10.0. The van der Waals surface area contributed by atoms with Crippen molar-refractivity contribution in [1.82, 2.24) is 14.9 Å². The number of halogens is 2. The zero-order chi connectivity index (χ0) is 24.3. The molecular weight excluding hydrogens is 450 g/mol. The molecule has 6 nitrogen and oxygen atoms in total. The minimum atomic E-state index is -0.674. The number of carbonyl (C=O) groups is 1. The number of rotatable bonds is 3. The summed E-state index contributed by atoms with van der Waals surface area (Å²) in [5.41, 5.74) is 5.51. The van der Waals surface area contributed by atoms with Gasteiger partial charge in [0.2, 0.25) is 0 Å². The molecule has 35 heavy (non-hydrogen) atoms. The average molecular weight is 479 g/mol. The zero-order valence-electron chi connectivity index (χ0n) is 19.7. The fourth-order valence-electron chi connectivity index (χ4n) is 6.19. The number of nitrogens with zero attached hydrogens (tertiary/aromatic N) is 3. The molecule has 0 atom stereocenters. The molecule has 8 heteroatoms. The van der Waals surface area contributed by atoms with E-state index in [1.165, 1.54) is 23.9 Å². The van der Waals surface area contributed by atoms with Crippen LogP contribution in [0, 0.1) is 17.6 Å². The summed E-state index contributed by atoms with van der Waals surface area (Å²) in [5, 5.41) is 10.0. The SMILES string of the molecule is CN1Cc2c(C3=CCN(C4CCC(C(=O)O)CC4)CC3)[nH]c3ncc(F)c(c23)-c2cc(F)ccc21. The highest BCUT2D eigenvalue weighted by Crippen LogP contribution is 2.44. The van der Waals surface area contributed by atoms with Gasteiger partial charge in [0.25, 0.3) is 0 Å². The number of carboxylic acid groups (broad SMARTS) is 1. The molecule has 3 aliphatic rings. The van der Waals surface area contributed by atoms with Crippen molar-refractivity contribution < 1.29 is 18.7 Å². The maximum absolute atomic E-state index is 15.2. The second kappa shape index (κ2) is 8.45. The van der Waals surface area contributed by atoms with Gasteiger partial charge in [-0.15, -0.1) is 0 Å². The number of anilines is 1. The number of H-pyrrole nitrogens is 1. The molecule has 0 radical (unpaired) electrons. The van der Waals surface area contributed by atoms with Gasteiger partial charge >= 0.3 is 5.97 Å². The van der Waals surface area contributed by atoms with Crippen molar-refractivity contribution in [3.05, 3.63) is 53.4 Å². The number of nitrogens with one attached hydrogen (secondary N) is 1. The molecule has 6 rings (SSSR count). The predicted molar refractivity (Wildman–Crippen MR) is 131 cm³/mol. The van der Waals surface area contributed by atoms with Crippen molar-refractivity contribution in [3.8, 4) is 11.1 Å². The summed E-state index contributed by atoms with van der Waals surface area (Å²) >= 11 is 0. The Kier molecular flexibility index (Phi) is 5.36. The van der Waals surface area contributed by atoms with Crippen LogP contribution >= 0.6 is 0 Å². The number of aromatic nitrogens is 2. The molecular formula is C27H28F2N4O2. The normalized spacial score (nSPS) is 22.6. The zero-order valence-corrected chi connectivity index (χ0v) is 19.7. The number of fused-ring (bicyclic) bond motifs is 2. The van der Waals surface area contributed by atoms with Crippen LogP contribution in [0.25, 0.3) is 27.7 Å². The van der Waals surface area contributed by atoms with Gasteiger partial charge in [-0.25, -0.2) is 13.8 Å². The van der Waals surface area contributed by atoms with Crippen molar-refractivity contribution in [1.29, 1.82) is 0 Å². The molecule has 1 aliphatic carbocycles. The smallest absolute Gasteiger partial charge is 0.306 e. The third kappa shape index (κ3) is 3.71. The first-order valence-corrected chi connectivity index (χ1v) is 12.3. The first-order valence-electron chi connectivity index (χ1n) is 12.3. The van der Waals surface area contributed by atoms with Crippen LogP contribution in [0.4, 0.5) is 14.5 Å². The monoisotopic (exact) mass is 478 g/mol. The fourth-order valence-corrected chi connectivity index (χ4v) is 6.19. The molecule has 0 bridgehead atoms. The Hall–Kier alpha value is -3.26. The summed E-state index contributed by atoms with van der Waals surface area (Å²) in [6.45, 7) is 2.27. The average Bonchev–Trinajstić information content (AvgIpc) is 3.15. The van der Waals surface area contributed by atoms with E-state index in [4.69, 9.17) is 0 Å². The number of benzene rings is 1. The lowest BCUT2D eigenvalue weighted by molar-refractivity contribution is -0.143. The van der Waals surface area contributed by atoms with E-state index in [1.54, 1.807) is 6.07 Å². The molecule has 0 unspecified atom stereocenters. The van der Waals surface area contributed by atoms with Crippen LogP contribution in [-0.2, 0) is 11.3 Å². The molecule has 182 valence electrons. The number of pyridine rings is 1. The van der Waals surface area contributed by atoms with Gasteiger partial charge in [0.05, 0.1) is 12.1 Å². The van der Waals surface area contributed by atoms with E-state index in [1.807, 2.05) is 11.9 Å². The summed E-state index contributed by atoms with van der Waals surface area (Å²) in [6, 6.07) is 4.95. The van der Waals surface area contributed by atoms with Gasteiger partial charge in [-0.3, -0.25) is 9.69 Å². The lowest BCUT2D eigenvalue weighted by atomic mass is 9.84. The lowest BCUT2D eigenvalue weighted by Crippen LogP contribution is -2.41. The topological polar surface area (TPSA) is 72.5 Å². The fraction of sp³-hybridized carbons (Fsp3) is 0.407. The van der Waals surface area contributed by atoms with Gasteiger partial charge in [-0.1, -0.05) is 6.08 Å². The second-order valence-corrected chi connectivity index (χ2v) is 10.0. The Morgan fingerprint density at radius 2 is 2.00 bits per heavy atom. The van der Waals surface area contributed by atoms with Crippen LogP contribution in [0.5, 0.6) is 0 Å². The van der Waals surface area contributed by atoms with Crippen molar-refractivity contribution >= 4 is 28.3 Å². The van der Waals surface area contributed by atoms with E-state index in [0.717, 1.165) is 67.5 Å². The molecule has 0 spiro atoms. The van der Waals surface area contributed by atoms with Crippen LogP contribution in [-0.4, -0.2) is 52.1 Å². The Morgan fingerprint density at radius 1 is 1.20 bits per heavy atom. The molecule has 4 heterocycles. The number of hydrogen-bond acceptors (Lipinski definition) is 4. The van der Waals surface area contributed by atoms with Gasteiger partial charge in [-0.05, 0) is 55.9 Å². The molecule has 1 fully saturated rings. The van der Waals surface area contributed by atoms with Crippen molar-refractivity contribution in [2.45, 2.75) is 44.7 Å².